The molecule has 5 aromatic rings. The largest absolute Gasteiger partial charge is 0.457 e. The van der Waals surface area contributed by atoms with Gasteiger partial charge in [0.2, 0.25) is 0 Å². The molecule has 7 rings (SSSR count). The highest BCUT2D eigenvalue weighted by molar-refractivity contribution is 9.10. The Balaban J connectivity index is 1.38. The van der Waals surface area contributed by atoms with Crippen molar-refractivity contribution >= 4 is 50.4 Å². The number of aromatic nitrogens is 1. The molecule has 0 amide bonds. The van der Waals surface area contributed by atoms with Crippen molar-refractivity contribution in [2.24, 2.45) is 4.99 Å². The van der Waals surface area contributed by atoms with Crippen LogP contribution in [0, 0.1) is 6.92 Å². The smallest absolute Gasteiger partial charge is 0.271 e. The van der Waals surface area contributed by atoms with Crippen molar-refractivity contribution in [3.05, 3.63) is 129 Å². The van der Waals surface area contributed by atoms with Gasteiger partial charge in [-0.25, -0.2) is 4.99 Å². The molecule has 1 aliphatic heterocycles. The van der Waals surface area contributed by atoms with Gasteiger partial charge in [-0.05, 0) is 72.2 Å². The summed E-state index contributed by atoms with van der Waals surface area (Å²) in [6, 6.07) is 22.6. The summed E-state index contributed by atoms with van der Waals surface area (Å²) < 4.78 is 9.64. The number of fused-ring (bicyclic) bond motifs is 3. The predicted molar refractivity (Wildman–Crippen MR) is 154 cm³/mol. The van der Waals surface area contributed by atoms with Crippen molar-refractivity contribution in [1.29, 1.82) is 0 Å². The second-order valence-electron chi connectivity index (χ2n) is 9.31. The third kappa shape index (κ3) is 3.84. The first-order chi connectivity index (χ1) is 18.1. The third-order valence-corrected chi connectivity index (χ3v) is 9.54. The topological polar surface area (TPSA) is 47.5 Å². The van der Waals surface area contributed by atoms with Gasteiger partial charge in [0.25, 0.3) is 5.56 Å². The highest BCUT2D eigenvalue weighted by Crippen LogP contribution is 2.42. The van der Waals surface area contributed by atoms with Crippen LogP contribution in [0.5, 0.6) is 0 Å². The number of furan rings is 1. The Hall–Kier alpha value is -3.26. The number of hydrogen-bond donors (Lipinski definition) is 0. The fraction of sp³-hybridized carbons (Fsp3) is 0.133. The van der Waals surface area contributed by atoms with E-state index in [9.17, 15) is 4.79 Å². The molecule has 0 bridgehead atoms. The lowest BCUT2D eigenvalue weighted by atomic mass is 9.85. The van der Waals surface area contributed by atoms with Crippen LogP contribution < -0.4 is 14.9 Å². The quantitative estimate of drug-likeness (QED) is 0.236. The zero-order valence-electron chi connectivity index (χ0n) is 19.9. The van der Waals surface area contributed by atoms with Gasteiger partial charge in [-0.15, -0.1) is 11.3 Å². The molecule has 0 N–H and O–H groups in total. The van der Waals surface area contributed by atoms with Crippen molar-refractivity contribution in [3.63, 3.8) is 0 Å². The fourth-order valence-electron chi connectivity index (χ4n) is 5.24. The molecule has 182 valence electrons. The van der Waals surface area contributed by atoms with Crippen LogP contribution in [0.2, 0.25) is 0 Å². The average molecular weight is 586 g/mol. The maximum Gasteiger partial charge on any atom is 0.271 e. The van der Waals surface area contributed by atoms with Crippen LogP contribution >= 0.6 is 38.6 Å². The zero-order valence-corrected chi connectivity index (χ0v) is 23.1. The van der Waals surface area contributed by atoms with Crippen LogP contribution in [0.15, 0.2) is 96.4 Å². The molecule has 4 heterocycles. The molecule has 1 atom stereocenters. The van der Waals surface area contributed by atoms with Gasteiger partial charge in [0.15, 0.2) is 4.80 Å². The number of thiophene rings is 1. The number of halogens is 1. The summed E-state index contributed by atoms with van der Waals surface area (Å²) in [6.45, 7) is 2.06. The fourth-order valence-corrected chi connectivity index (χ4v) is 7.76. The van der Waals surface area contributed by atoms with Crippen LogP contribution in [0.3, 0.4) is 0 Å². The summed E-state index contributed by atoms with van der Waals surface area (Å²) in [5.74, 6) is 1.41. The average Bonchev–Trinajstić information content (AvgIpc) is 3.65. The molecule has 2 aliphatic rings. The Morgan fingerprint density at radius 1 is 1.05 bits per heavy atom. The number of aryl methyl sites for hydroxylation is 2. The Labute approximate surface area is 229 Å². The lowest BCUT2D eigenvalue weighted by Gasteiger charge is -2.30. The molecule has 7 heteroatoms. The third-order valence-electron chi connectivity index (χ3n) is 6.98. The van der Waals surface area contributed by atoms with E-state index in [1.807, 2.05) is 28.8 Å². The standard InChI is InChI=1S/C30H21BrN2O2S2/c1-17-8-11-21(23(31)15-17)24-13-10-19(35-24)16-26-29(34)33-28(25-7-4-14-36-25)22-12-9-18-5-2-3-6-20(18)27(22)32-30(33)37-26/h2-8,10-11,13-16,28H,9,12H2,1H3/b26-16-/t28-/m0/s1. The highest BCUT2D eigenvalue weighted by Gasteiger charge is 2.33. The molecule has 4 nitrogen and oxygen atoms in total. The first-order valence-corrected chi connectivity index (χ1v) is 14.6. The lowest BCUT2D eigenvalue weighted by molar-refractivity contribution is 0.570. The van der Waals surface area contributed by atoms with Gasteiger partial charge in [-0.1, -0.05) is 63.7 Å². The molecule has 0 spiro atoms. The molecule has 0 saturated carbocycles. The summed E-state index contributed by atoms with van der Waals surface area (Å²) >= 11 is 6.76. The Bertz CT molecular complexity index is 1890. The number of nitrogens with zero attached hydrogens (tertiary/aromatic N) is 2. The van der Waals surface area contributed by atoms with E-state index in [2.05, 4.69) is 76.8 Å². The Kier molecular flexibility index (Phi) is 5.53. The second kappa shape index (κ2) is 8.94. The summed E-state index contributed by atoms with van der Waals surface area (Å²) in [7, 11) is 0. The normalized spacial score (nSPS) is 16.8. The van der Waals surface area contributed by atoms with Crippen molar-refractivity contribution in [2.75, 3.05) is 0 Å². The Morgan fingerprint density at radius 2 is 1.95 bits per heavy atom. The predicted octanol–water partition coefficient (Wildman–Crippen LogP) is 6.71. The SMILES string of the molecule is Cc1ccc(-c2ccc(/C=c3\sc4n(c3=O)[C@H](c3cccs3)C3=C(N=4)c4ccccc4CC3)o2)c(Br)c1. The van der Waals surface area contributed by atoms with Crippen molar-refractivity contribution < 1.29 is 4.42 Å². The zero-order chi connectivity index (χ0) is 25.1. The van der Waals surface area contributed by atoms with Crippen LogP contribution in [0.4, 0.5) is 0 Å². The molecule has 0 unspecified atom stereocenters. The first kappa shape index (κ1) is 22.9. The van der Waals surface area contributed by atoms with E-state index in [1.54, 1.807) is 11.3 Å². The van der Waals surface area contributed by atoms with E-state index in [-0.39, 0.29) is 11.6 Å². The number of benzene rings is 2. The van der Waals surface area contributed by atoms with Gasteiger partial charge < -0.3 is 4.42 Å². The molecule has 3 aromatic heterocycles. The summed E-state index contributed by atoms with van der Waals surface area (Å²) in [5, 5.41) is 2.08. The molecule has 1 aliphatic carbocycles. The molecular weight excluding hydrogens is 564 g/mol. The first-order valence-electron chi connectivity index (χ1n) is 12.1. The summed E-state index contributed by atoms with van der Waals surface area (Å²) in [5.41, 5.74) is 6.88. The maximum absolute atomic E-state index is 13.8. The number of allylic oxidation sites excluding steroid dienone is 1. The molecule has 0 radical (unpaired) electrons. The van der Waals surface area contributed by atoms with Gasteiger partial charge in [-0.3, -0.25) is 9.36 Å². The van der Waals surface area contributed by atoms with E-state index in [4.69, 9.17) is 9.41 Å². The minimum Gasteiger partial charge on any atom is -0.457 e. The van der Waals surface area contributed by atoms with Gasteiger partial charge in [0, 0.05) is 26.6 Å². The molecule has 37 heavy (non-hydrogen) atoms. The van der Waals surface area contributed by atoms with Crippen molar-refractivity contribution in [1.82, 2.24) is 4.57 Å². The van der Waals surface area contributed by atoms with Gasteiger partial charge in [0.05, 0.1) is 16.3 Å². The molecular formula is C30H21BrN2O2S2. The van der Waals surface area contributed by atoms with Crippen LogP contribution in [-0.4, -0.2) is 4.57 Å². The molecule has 0 fully saturated rings. The number of rotatable bonds is 3. The Morgan fingerprint density at radius 3 is 2.78 bits per heavy atom. The number of hydrogen-bond acceptors (Lipinski definition) is 5. The second-order valence-corrected chi connectivity index (χ2v) is 12.2. The highest BCUT2D eigenvalue weighted by atomic mass is 79.9. The van der Waals surface area contributed by atoms with Crippen molar-refractivity contribution in [2.45, 2.75) is 25.8 Å². The van der Waals surface area contributed by atoms with Crippen LogP contribution in [0.1, 0.15) is 39.8 Å². The summed E-state index contributed by atoms with van der Waals surface area (Å²) in [4.78, 5) is 20.8. The monoisotopic (exact) mass is 584 g/mol. The molecule has 2 aromatic carbocycles. The van der Waals surface area contributed by atoms with Gasteiger partial charge >= 0.3 is 0 Å². The van der Waals surface area contributed by atoms with Crippen molar-refractivity contribution in [3.8, 4) is 11.3 Å². The lowest BCUT2D eigenvalue weighted by Crippen LogP contribution is -2.38. The number of thiazole rings is 1. The van der Waals surface area contributed by atoms with E-state index in [1.165, 1.54) is 38.5 Å². The minimum atomic E-state index is -0.127. The molecule has 0 saturated heterocycles. The van der Waals surface area contributed by atoms with E-state index >= 15 is 0 Å². The minimum absolute atomic E-state index is 0.0259. The maximum atomic E-state index is 13.8. The van der Waals surface area contributed by atoms with Gasteiger partial charge in [0.1, 0.15) is 11.5 Å². The van der Waals surface area contributed by atoms with E-state index in [0.717, 1.165) is 39.1 Å². The van der Waals surface area contributed by atoms with Gasteiger partial charge in [-0.2, -0.15) is 0 Å². The van der Waals surface area contributed by atoms with E-state index < -0.39 is 0 Å². The van der Waals surface area contributed by atoms with E-state index in [0.29, 0.717) is 10.3 Å². The van der Waals surface area contributed by atoms with Crippen LogP contribution in [-0.2, 0) is 6.42 Å². The summed E-state index contributed by atoms with van der Waals surface area (Å²) in [6.07, 6.45) is 3.70. The van der Waals surface area contributed by atoms with Crippen LogP contribution in [0.25, 0.3) is 23.1 Å².